The Kier molecular flexibility index (Phi) is 4.32. The highest BCUT2D eigenvalue weighted by molar-refractivity contribution is 6.02. The maximum Gasteiger partial charge on any atom is 0.291 e. The molecule has 1 atom stereocenters. The average Bonchev–Trinajstić information content (AvgIpc) is 3.21. The Morgan fingerprint density at radius 1 is 1.24 bits per heavy atom. The van der Waals surface area contributed by atoms with E-state index in [2.05, 4.69) is 15.4 Å². The fraction of sp³-hybridized carbons (Fsp3) is 0.444. The summed E-state index contributed by atoms with van der Waals surface area (Å²) >= 11 is 0. The van der Waals surface area contributed by atoms with Crippen LogP contribution >= 0.6 is 0 Å². The van der Waals surface area contributed by atoms with Gasteiger partial charge in [0.2, 0.25) is 11.7 Å². The van der Waals surface area contributed by atoms with Gasteiger partial charge in [0.15, 0.2) is 0 Å². The highest BCUT2D eigenvalue weighted by atomic mass is 16.2. The summed E-state index contributed by atoms with van der Waals surface area (Å²) in [5, 5.41) is 6.90. The fourth-order valence-electron chi connectivity index (χ4n) is 2.81. The Hall–Kier alpha value is -2.70. The second-order valence-corrected chi connectivity index (χ2v) is 7.25. The smallest absolute Gasteiger partial charge is 0.291 e. The van der Waals surface area contributed by atoms with Crippen LogP contribution in [0.25, 0.3) is 0 Å². The van der Waals surface area contributed by atoms with E-state index in [1.165, 1.54) is 6.33 Å². The van der Waals surface area contributed by atoms with Crippen molar-refractivity contribution in [2.75, 3.05) is 11.4 Å². The maximum atomic E-state index is 12.7. The number of carbonyl (C=O) groups is 2. The zero-order valence-electron chi connectivity index (χ0n) is 15.0. The topological polar surface area (TPSA) is 80.1 Å². The molecule has 0 saturated heterocycles. The van der Waals surface area contributed by atoms with Gasteiger partial charge in [-0.2, -0.15) is 0 Å². The number of carbonyl (C=O) groups excluding carboxylic acids is 2. The number of amides is 2. The van der Waals surface area contributed by atoms with E-state index in [1.807, 2.05) is 45.0 Å². The van der Waals surface area contributed by atoms with E-state index < -0.39 is 11.9 Å². The van der Waals surface area contributed by atoms with Crippen LogP contribution in [0.2, 0.25) is 0 Å². The number of hydrogen-bond acceptors (Lipinski definition) is 4. The van der Waals surface area contributed by atoms with Gasteiger partial charge in [-0.1, -0.05) is 18.2 Å². The van der Waals surface area contributed by atoms with Gasteiger partial charge < -0.3 is 10.2 Å². The van der Waals surface area contributed by atoms with E-state index in [9.17, 15) is 9.59 Å². The van der Waals surface area contributed by atoms with Crippen molar-refractivity contribution in [3.05, 3.63) is 42.0 Å². The normalized spacial score (nSPS) is 15.0. The number of para-hydroxylation sites is 1. The second-order valence-electron chi connectivity index (χ2n) is 7.25. The van der Waals surface area contributed by atoms with Gasteiger partial charge in [0, 0.05) is 12.2 Å². The van der Waals surface area contributed by atoms with Gasteiger partial charge in [-0.05, 0) is 45.7 Å². The molecule has 0 spiro atoms. The van der Waals surface area contributed by atoms with E-state index in [0.717, 1.165) is 17.7 Å². The molecule has 1 aromatic heterocycles. The average molecular weight is 341 g/mol. The first-order valence-corrected chi connectivity index (χ1v) is 8.39. The van der Waals surface area contributed by atoms with Gasteiger partial charge in [0.1, 0.15) is 12.4 Å². The Labute approximate surface area is 147 Å². The highest BCUT2D eigenvalue weighted by Gasteiger charge is 2.29. The summed E-state index contributed by atoms with van der Waals surface area (Å²) in [6.45, 7) is 8.23. The summed E-state index contributed by atoms with van der Waals surface area (Å²) in [6, 6.07) is 7.18. The number of anilines is 1. The van der Waals surface area contributed by atoms with Crippen LogP contribution in [-0.2, 0) is 16.8 Å². The largest absolute Gasteiger partial charge is 0.338 e. The first kappa shape index (κ1) is 17.1. The first-order valence-electron chi connectivity index (χ1n) is 8.39. The molecular weight excluding hydrogens is 318 g/mol. The molecule has 1 aromatic carbocycles. The molecule has 0 radical (unpaired) electrons. The standard InChI is InChI=1S/C18H23N5O2/c1-12(17(25)22-10-9-13-7-5-6-8-14(13)22)20-16(24)15-19-11-23(21-15)18(2,3)4/h5-8,11-12H,9-10H2,1-4H3,(H,20,24). The van der Waals surface area contributed by atoms with E-state index in [1.54, 1.807) is 16.5 Å². The van der Waals surface area contributed by atoms with Crippen LogP contribution in [0.4, 0.5) is 5.69 Å². The molecule has 0 bridgehead atoms. The zero-order valence-corrected chi connectivity index (χ0v) is 15.0. The Morgan fingerprint density at radius 2 is 1.96 bits per heavy atom. The molecule has 1 aliphatic rings. The SMILES string of the molecule is CC(NC(=O)c1ncn(C(C)(C)C)n1)C(=O)N1CCc2ccccc21. The van der Waals surface area contributed by atoms with Crippen molar-refractivity contribution >= 4 is 17.5 Å². The molecule has 25 heavy (non-hydrogen) atoms. The predicted octanol–water partition coefficient (Wildman–Crippen LogP) is 1.74. The van der Waals surface area contributed by atoms with Crippen LogP contribution in [0, 0.1) is 0 Å². The lowest BCUT2D eigenvalue weighted by Crippen LogP contribution is -2.46. The third kappa shape index (κ3) is 3.40. The number of rotatable bonds is 3. The number of nitrogens with one attached hydrogen (secondary N) is 1. The number of hydrogen-bond donors (Lipinski definition) is 1. The summed E-state index contributed by atoms with van der Waals surface area (Å²) in [5.74, 6) is -0.513. The summed E-state index contributed by atoms with van der Waals surface area (Å²) in [4.78, 5) is 30.8. The van der Waals surface area contributed by atoms with Crippen LogP contribution in [0.1, 0.15) is 43.9 Å². The minimum atomic E-state index is -0.653. The van der Waals surface area contributed by atoms with Gasteiger partial charge in [0.05, 0.1) is 5.54 Å². The zero-order chi connectivity index (χ0) is 18.2. The second kappa shape index (κ2) is 6.31. The number of aromatic nitrogens is 3. The van der Waals surface area contributed by atoms with Gasteiger partial charge in [-0.25, -0.2) is 9.67 Å². The van der Waals surface area contributed by atoms with E-state index in [4.69, 9.17) is 0 Å². The van der Waals surface area contributed by atoms with Crippen molar-refractivity contribution in [3.8, 4) is 0 Å². The molecule has 2 amide bonds. The molecule has 1 aliphatic heterocycles. The van der Waals surface area contributed by atoms with Crippen LogP contribution in [-0.4, -0.2) is 39.2 Å². The third-order valence-electron chi connectivity index (χ3n) is 4.25. The Morgan fingerprint density at radius 3 is 2.64 bits per heavy atom. The number of fused-ring (bicyclic) bond motifs is 1. The van der Waals surface area contributed by atoms with Crippen LogP contribution in [0.3, 0.4) is 0 Å². The summed E-state index contributed by atoms with van der Waals surface area (Å²) in [6.07, 6.45) is 2.36. The lowest BCUT2D eigenvalue weighted by Gasteiger charge is -2.22. The van der Waals surface area contributed by atoms with Crippen LogP contribution < -0.4 is 10.2 Å². The predicted molar refractivity (Wildman–Crippen MR) is 94.4 cm³/mol. The molecule has 7 heteroatoms. The molecule has 1 N–H and O–H groups in total. The third-order valence-corrected chi connectivity index (χ3v) is 4.25. The Bertz CT molecular complexity index is 806. The van der Waals surface area contributed by atoms with Crippen molar-refractivity contribution < 1.29 is 9.59 Å². The maximum absolute atomic E-state index is 12.7. The van der Waals surface area contributed by atoms with Crippen molar-refractivity contribution in [1.82, 2.24) is 20.1 Å². The van der Waals surface area contributed by atoms with Crippen LogP contribution in [0.15, 0.2) is 30.6 Å². The van der Waals surface area contributed by atoms with E-state index in [0.29, 0.717) is 6.54 Å². The quantitative estimate of drug-likeness (QED) is 0.922. The molecule has 0 saturated carbocycles. The number of benzene rings is 1. The summed E-state index contributed by atoms with van der Waals surface area (Å²) < 4.78 is 1.63. The Balaban J connectivity index is 1.68. The molecule has 2 heterocycles. The first-order chi connectivity index (χ1) is 11.8. The van der Waals surface area contributed by atoms with Crippen LogP contribution in [0.5, 0.6) is 0 Å². The minimum absolute atomic E-state index is 0.0661. The van der Waals surface area contributed by atoms with Gasteiger partial charge in [0.25, 0.3) is 5.91 Å². The van der Waals surface area contributed by atoms with E-state index in [-0.39, 0.29) is 17.3 Å². The van der Waals surface area contributed by atoms with Gasteiger partial charge in [-0.3, -0.25) is 9.59 Å². The molecule has 7 nitrogen and oxygen atoms in total. The molecular formula is C18H23N5O2. The van der Waals surface area contributed by atoms with Crippen molar-refractivity contribution in [3.63, 3.8) is 0 Å². The molecule has 132 valence electrons. The lowest BCUT2D eigenvalue weighted by atomic mass is 10.1. The molecule has 3 rings (SSSR count). The molecule has 1 unspecified atom stereocenters. The van der Waals surface area contributed by atoms with Crippen molar-refractivity contribution in [2.45, 2.75) is 45.7 Å². The van der Waals surface area contributed by atoms with E-state index >= 15 is 0 Å². The lowest BCUT2D eigenvalue weighted by molar-refractivity contribution is -0.119. The van der Waals surface area contributed by atoms with Crippen molar-refractivity contribution in [2.24, 2.45) is 0 Å². The van der Waals surface area contributed by atoms with Crippen molar-refractivity contribution in [1.29, 1.82) is 0 Å². The minimum Gasteiger partial charge on any atom is -0.338 e. The fourth-order valence-corrected chi connectivity index (χ4v) is 2.81. The molecule has 2 aromatic rings. The molecule has 0 aliphatic carbocycles. The van der Waals surface area contributed by atoms with Gasteiger partial charge in [-0.15, -0.1) is 5.10 Å². The monoisotopic (exact) mass is 341 g/mol. The number of nitrogens with zero attached hydrogens (tertiary/aromatic N) is 4. The summed E-state index contributed by atoms with van der Waals surface area (Å²) in [5.41, 5.74) is 1.82. The molecule has 0 fully saturated rings. The summed E-state index contributed by atoms with van der Waals surface area (Å²) in [7, 11) is 0. The highest BCUT2D eigenvalue weighted by Crippen LogP contribution is 2.27. The van der Waals surface area contributed by atoms with Gasteiger partial charge >= 0.3 is 0 Å².